The van der Waals surface area contributed by atoms with E-state index in [9.17, 15) is 22.8 Å². The minimum Gasteiger partial charge on any atom is -0.493 e. The van der Waals surface area contributed by atoms with Crippen molar-refractivity contribution in [2.75, 3.05) is 11.5 Å². The lowest BCUT2D eigenvalue weighted by molar-refractivity contribution is -0.138. The topological polar surface area (TPSA) is 88.9 Å². The van der Waals surface area contributed by atoms with Crippen molar-refractivity contribution >= 4 is 17.5 Å². The van der Waals surface area contributed by atoms with Crippen LogP contribution in [0.4, 0.5) is 18.9 Å². The van der Waals surface area contributed by atoms with E-state index in [-0.39, 0.29) is 12.3 Å². The number of nitrogens with zero attached hydrogens (tertiary/aromatic N) is 2. The molecule has 7 nitrogen and oxygen atoms in total. The van der Waals surface area contributed by atoms with Gasteiger partial charge in [0.1, 0.15) is 18.1 Å². The molecule has 0 aliphatic carbocycles. The Morgan fingerprint density at radius 1 is 0.952 bits per heavy atom. The largest absolute Gasteiger partial charge is 0.493 e. The van der Waals surface area contributed by atoms with Gasteiger partial charge >= 0.3 is 6.18 Å². The number of anilines is 1. The van der Waals surface area contributed by atoms with Gasteiger partial charge in [-0.15, -0.1) is 0 Å². The quantitative estimate of drug-likeness (QED) is 0.303. The molecular formula is C32H27F3N2O5. The smallest absolute Gasteiger partial charge is 0.417 e. The van der Waals surface area contributed by atoms with Crippen molar-refractivity contribution in [2.24, 2.45) is 11.8 Å². The van der Waals surface area contributed by atoms with Gasteiger partial charge in [-0.3, -0.25) is 9.59 Å². The SMILES string of the molecule is CC12CCC(CCOc3ccc(OCc4ccccc4)cc3)(O1)C1C(=O)N(c3ccc(C#N)c(C(F)(F)F)c3)C(=O)C12. The lowest BCUT2D eigenvalue weighted by Crippen LogP contribution is -2.43. The second-order valence-corrected chi connectivity index (χ2v) is 11.1. The lowest BCUT2D eigenvalue weighted by Gasteiger charge is -2.31. The minimum absolute atomic E-state index is 0.199. The first-order chi connectivity index (χ1) is 20.0. The molecule has 3 aliphatic rings. The Bertz CT molecular complexity index is 1570. The average Bonchev–Trinajstić information content (AvgIpc) is 3.56. The third-order valence-electron chi connectivity index (χ3n) is 8.57. The van der Waals surface area contributed by atoms with Crippen LogP contribution in [0.25, 0.3) is 0 Å². The molecule has 42 heavy (non-hydrogen) atoms. The van der Waals surface area contributed by atoms with Crippen LogP contribution in [0.3, 0.4) is 0 Å². The maximum Gasteiger partial charge on any atom is 0.417 e. The van der Waals surface area contributed by atoms with Gasteiger partial charge in [0.15, 0.2) is 0 Å². The summed E-state index contributed by atoms with van der Waals surface area (Å²) in [5.41, 5.74) is -2.80. The zero-order valence-electron chi connectivity index (χ0n) is 22.7. The molecule has 2 bridgehead atoms. The lowest BCUT2D eigenvalue weighted by atomic mass is 9.67. The number of hydrogen-bond donors (Lipinski definition) is 0. The van der Waals surface area contributed by atoms with Crippen LogP contribution in [0.15, 0.2) is 72.8 Å². The van der Waals surface area contributed by atoms with Gasteiger partial charge in [-0.2, -0.15) is 18.4 Å². The molecular weight excluding hydrogens is 549 g/mol. The molecule has 3 fully saturated rings. The van der Waals surface area contributed by atoms with E-state index in [1.165, 1.54) is 12.1 Å². The third-order valence-corrected chi connectivity index (χ3v) is 8.57. The van der Waals surface area contributed by atoms with Crippen molar-refractivity contribution in [3.63, 3.8) is 0 Å². The Balaban J connectivity index is 1.15. The Morgan fingerprint density at radius 2 is 1.62 bits per heavy atom. The molecule has 0 saturated carbocycles. The molecule has 0 N–H and O–H groups in total. The van der Waals surface area contributed by atoms with Crippen molar-refractivity contribution < 1.29 is 37.0 Å². The number of ether oxygens (including phenoxy) is 3. The molecule has 0 spiro atoms. The summed E-state index contributed by atoms with van der Waals surface area (Å²) in [5.74, 6) is -1.55. The van der Waals surface area contributed by atoms with Crippen molar-refractivity contribution in [3.05, 3.63) is 89.5 Å². The summed E-state index contributed by atoms with van der Waals surface area (Å²) in [4.78, 5) is 28.1. The number of benzene rings is 3. The second kappa shape index (κ2) is 10.2. The van der Waals surface area contributed by atoms with E-state index < -0.39 is 52.2 Å². The Kier molecular flexibility index (Phi) is 6.73. The Labute approximate surface area is 240 Å². The summed E-state index contributed by atoms with van der Waals surface area (Å²) < 4.78 is 59.0. The standard InChI is InChI=1S/C32H27F3N2O5/c1-30-13-14-31(42-30,15-16-40-23-9-11-24(12-10-23)41-19-20-5-3-2-4-6-20)27-26(30)28(38)37(29(27)39)22-8-7-21(18-36)25(17-22)32(33,34)35/h2-12,17,26-27H,13-16,19H2,1H3. The van der Waals surface area contributed by atoms with Crippen molar-refractivity contribution in [2.45, 2.75) is 50.2 Å². The number of nitriles is 1. The normalized spacial score (nSPS) is 26.3. The van der Waals surface area contributed by atoms with Gasteiger partial charge in [0.25, 0.3) is 0 Å². The first kappa shape index (κ1) is 27.8. The van der Waals surface area contributed by atoms with Crippen LogP contribution in [-0.4, -0.2) is 29.6 Å². The van der Waals surface area contributed by atoms with E-state index in [0.29, 0.717) is 43.4 Å². The molecule has 10 heteroatoms. The van der Waals surface area contributed by atoms with Gasteiger partial charge in [0.05, 0.1) is 52.5 Å². The highest BCUT2D eigenvalue weighted by Crippen LogP contribution is 2.62. The highest BCUT2D eigenvalue weighted by atomic mass is 19.4. The van der Waals surface area contributed by atoms with Gasteiger partial charge in [0, 0.05) is 6.42 Å². The fourth-order valence-corrected chi connectivity index (χ4v) is 6.58. The molecule has 3 aliphatic heterocycles. The first-order valence-corrected chi connectivity index (χ1v) is 13.6. The Morgan fingerprint density at radius 3 is 2.29 bits per heavy atom. The molecule has 0 aromatic heterocycles. The zero-order chi connectivity index (χ0) is 29.7. The van der Waals surface area contributed by atoms with Crippen LogP contribution >= 0.6 is 0 Å². The summed E-state index contributed by atoms with van der Waals surface area (Å²) in [6, 6.07) is 21.4. The van der Waals surface area contributed by atoms with E-state index in [0.717, 1.165) is 16.5 Å². The number of halogens is 3. The van der Waals surface area contributed by atoms with Gasteiger partial charge in [-0.05, 0) is 67.8 Å². The predicted octanol–water partition coefficient (Wildman–Crippen LogP) is 6.05. The van der Waals surface area contributed by atoms with Crippen LogP contribution in [0.2, 0.25) is 0 Å². The van der Waals surface area contributed by atoms with E-state index in [1.807, 2.05) is 30.3 Å². The van der Waals surface area contributed by atoms with Crippen LogP contribution in [-0.2, 0) is 27.1 Å². The number of carbonyl (C=O) groups excluding carboxylic acids is 2. The monoisotopic (exact) mass is 576 g/mol. The number of rotatable bonds is 8. The van der Waals surface area contributed by atoms with Crippen LogP contribution in [0, 0.1) is 23.2 Å². The number of amides is 2. The summed E-state index contributed by atoms with van der Waals surface area (Å²) in [6.07, 6.45) is -3.43. The van der Waals surface area contributed by atoms with E-state index in [2.05, 4.69) is 0 Å². The zero-order valence-corrected chi connectivity index (χ0v) is 22.7. The number of fused-ring (bicyclic) bond motifs is 5. The summed E-state index contributed by atoms with van der Waals surface area (Å²) in [7, 11) is 0. The summed E-state index contributed by atoms with van der Waals surface area (Å²) in [6.45, 7) is 2.43. The summed E-state index contributed by atoms with van der Waals surface area (Å²) in [5, 5.41) is 9.13. The molecule has 4 atom stereocenters. The molecule has 4 unspecified atom stereocenters. The number of alkyl halides is 3. The van der Waals surface area contributed by atoms with Crippen LogP contribution < -0.4 is 14.4 Å². The maximum absolute atomic E-state index is 13.7. The van der Waals surface area contributed by atoms with Crippen molar-refractivity contribution in [3.8, 4) is 17.6 Å². The van der Waals surface area contributed by atoms with E-state index in [1.54, 1.807) is 31.2 Å². The maximum atomic E-state index is 13.7. The van der Waals surface area contributed by atoms with Gasteiger partial charge in [-0.1, -0.05) is 30.3 Å². The molecule has 2 amide bonds. The van der Waals surface area contributed by atoms with Crippen LogP contribution in [0.5, 0.6) is 11.5 Å². The molecule has 3 aromatic rings. The fourth-order valence-electron chi connectivity index (χ4n) is 6.58. The molecule has 0 radical (unpaired) electrons. The summed E-state index contributed by atoms with van der Waals surface area (Å²) >= 11 is 0. The van der Waals surface area contributed by atoms with Crippen molar-refractivity contribution in [1.29, 1.82) is 5.26 Å². The highest BCUT2D eigenvalue weighted by Gasteiger charge is 2.73. The average molecular weight is 577 g/mol. The first-order valence-electron chi connectivity index (χ1n) is 13.6. The molecule has 3 heterocycles. The van der Waals surface area contributed by atoms with E-state index in [4.69, 9.17) is 19.5 Å². The third kappa shape index (κ3) is 4.68. The van der Waals surface area contributed by atoms with Gasteiger partial charge < -0.3 is 14.2 Å². The second-order valence-electron chi connectivity index (χ2n) is 11.1. The number of hydrogen-bond acceptors (Lipinski definition) is 6. The minimum atomic E-state index is -4.82. The van der Waals surface area contributed by atoms with Crippen molar-refractivity contribution in [1.82, 2.24) is 0 Å². The van der Waals surface area contributed by atoms with Crippen LogP contribution in [0.1, 0.15) is 42.9 Å². The van der Waals surface area contributed by atoms with E-state index >= 15 is 0 Å². The van der Waals surface area contributed by atoms with Gasteiger partial charge in [0.2, 0.25) is 11.8 Å². The Hall–Kier alpha value is -4.36. The highest BCUT2D eigenvalue weighted by molar-refractivity contribution is 6.23. The molecule has 216 valence electrons. The number of carbonyl (C=O) groups is 2. The van der Waals surface area contributed by atoms with Gasteiger partial charge in [-0.25, -0.2) is 4.90 Å². The number of imide groups is 1. The molecule has 3 aromatic carbocycles. The molecule has 6 rings (SSSR count). The molecule has 3 saturated heterocycles. The fraction of sp³-hybridized carbons (Fsp3) is 0.344. The predicted molar refractivity (Wildman–Crippen MR) is 144 cm³/mol.